The highest BCUT2D eigenvalue weighted by molar-refractivity contribution is 6.10. The van der Waals surface area contributed by atoms with Crippen molar-refractivity contribution in [3.8, 4) is 17.0 Å². The maximum absolute atomic E-state index is 14.1. The molecule has 13 heteroatoms. The van der Waals surface area contributed by atoms with Gasteiger partial charge in [-0.2, -0.15) is 23.4 Å². The lowest BCUT2D eigenvalue weighted by Gasteiger charge is -2.13. The molecule has 3 N–H and O–H groups in total. The zero-order valence-corrected chi connectivity index (χ0v) is 18.9. The molecule has 2 aromatic heterocycles. The molecule has 9 nitrogen and oxygen atoms in total. The Morgan fingerprint density at radius 2 is 2.00 bits per heavy atom. The Hall–Kier alpha value is -3.90. The van der Waals surface area contributed by atoms with Crippen LogP contribution in [0.1, 0.15) is 41.7 Å². The Kier molecular flexibility index (Phi) is 6.76. The summed E-state index contributed by atoms with van der Waals surface area (Å²) in [4.78, 5) is 17.2. The number of nitrogens with one attached hydrogen (secondary N) is 3. The second kappa shape index (κ2) is 9.76. The Morgan fingerprint density at radius 3 is 2.66 bits per heavy atom. The number of guanidine groups is 1. The van der Waals surface area contributed by atoms with E-state index in [9.17, 15) is 22.4 Å². The number of aromatic nitrogens is 4. The van der Waals surface area contributed by atoms with E-state index in [1.165, 1.54) is 26.3 Å². The van der Waals surface area contributed by atoms with Gasteiger partial charge in [0.1, 0.15) is 0 Å². The molecule has 0 spiro atoms. The van der Waals surface area contributed by atoms with E-state index in [1.807, 2.05) is 0 Å². The summed E-state index contributed by atoms with van der Waals surface area (Å²) in [6.07, 6.45) is -0.292. The first-order chi connectivity index (χ1) is 16.6. The Labute approximate surface area is 197 Å². The number of nitrogens with zero attached hydrogens (tertiary/aromatic N) is 4. The summed E-state index contributed by atoms with van der Waals surface area (Å²) >= 11 is 0. The molecular weight excluding hydrogens is 470 g/mol. The van der Waals surface area contributed by atoms with Gasteiger partial charge in [0.05, 0.1) is 24.4 Å². The second-order valence-electron chi connectivity index (χ2n) is 8.07. The number of rotatable bonds is 5. The standard InChI is InChI=1S/C22H23F4N7O2/c1-33-11-14(19(32-33)22(24,25)26)20(34)29-21(27-13-5-3-4-6-13)28-18-10-16(30-31-18)12-7-8-17(35-2)15(23)9-12/h7-11,13H,3-6H2,1-2H3,(H3,27,28,29,30,31,34). The topological polar surface area (TPSA) is 109 Å². The van der Waals surface area contributed by atoms with E-state index < -0.39 is 29.2 Å². The normalized spacial score (nSPS) is 14.9. The average molecular weight is 493 g/mol. The van der Waals surface area contributed by atoms with Gasteiger partial charge in [0.2, 0.25) is 5.96 Å². The van der Waals surface area contributed by atoms with Gasteiger partial charge in [0, 0.05) is 24.9 Å². The van der Waals surface area contributed by atoms with Gasteiger partial charge in [-0.25, -0.2) is 9.38 Å². The zero-order valence-electron chi connectivity index (χ0n) is 18.9. The summed E-state index contributed by atoms with van der Waals surface area (Å²) in [7, 11) is 2.66. The van der Waals surface area contributed by atoms with Crippen LogP contribution in [0.5, 0.6) is 5.75 Å². The van der Waals surface area contributed by atoms with Crippen molar-refractivity contribution < 1.29 is 27.1 Å². The lowest BCUT2D eigenvalue weighted by Crippen LogP contribution is -2.37. The Balaban J connectivity index is 1.57. The van der Waals surface area contributed by atoms with Crippen LogP contribution in [-0.2, 0) is 13.2 Å². The first kappa shape index (κ1) is 24.2. The number of anilines is 1. The molecule has 0 atom stereocenters. The third kappa shape index (κ3) is 5.61. The van der Waals surface area contributed by atoms with Gasteiger partial charge in [0.15, 0.2) is 23.1 Å². The van der Waals surface area contributed by atoms with Crippen molar-refractivity contribution in [2.45, 2.75) is 37.9 Å². The number of carbonyl (C=O) groups excluding carboxylic acids is 1. The number of ether oxygens (including phenoxy) is 1. The van der Waals surface area contributed by atoms with E-state index in [2.05, 4.69) is 30.9 Å². The SMILES string of the molecule is COc1ccc(-c2cc(NC(=NC3CCCC3)NC(=O)c3cn(C)nc3C(F)(F)F)n[nH]2)cc1F. The second-order valence-corrected chi connectivity index (χ2v) is 8.07. The summed E-state index contributed by atoms with van der Waals surface area (Å²) < 4.78 is 59.9. The lowest BCUT2D eigenvalue weighted by atomic mass is 10.1. The fraction of sp³-hybridized carbons (Fsp3) is 0.364. The van der Waals surface area contributed by atoms with Crippen molar-refractivity contribution in [2.75, 3.05) is 12.4 Å². The number of amides is 1. The third-order valence-corrected chi connectivity index (χ3v) is 5.50. The van der Waals surface area contributed by atoms with E-state index in [0.717, 1.165) is 36.6 Å². The van der Waals surface area contributed by atoms with Crippen LogP contribution in [-0.4, -0.2) is 45.0 Å². The van der Waals surface area contributed by atoms with Crippen LogP contribution >= 0.6 is 0 Å². The minimum atomic E-state index is -4.80. The summed E-state index contributed by atoms with van der Waals surface area (Å²) in [6, 6.07) is 5.84. The van der Waals surface area contributed by atoms with Crippen LogP contribution in [0.25, 0.3) is 11.3 Å². The van der Waals surface area contributed by atoms with Gasteiger partial charge in [-0.3, -0.25) is 19.9 Å². The largest absolute Gasteiger partial charge is 0.494 e. The molecule has 1 aliphatic rings. The summed E-state index contributed by atoms with van der Waals surface area (Å²) in [5.74, 6) is -1.29. The molecular formula is C22H23F4N7O2. The number of hydrogen-bond acceptors (Lipinski definition) is 5. The molecule has 1 aliphatic carbocycles. The van der Waals surface area contributed by atoms with Crippen molar-refractivity contribution in [3.63, 3.8) is 0 Å². The molecule has 1 amide bonds. The quantitative estimate of drug-likeness (QED) is 0.282. The summed E-state index contributed by atoms with van der Waals surface area (Å²) in [6.45, 7) is 0. The summed E-state index contributed by atoms with van der Waals surface area (Å²) in [5, 5.41) is 15.5. The molecule has 0 radical (unpaired) electrons. The van der Waals surface area contributed by atoms with Gasteiger partial charge in [-0.05, 0) is 31.0 Å². The zero-order chi connectivity index (χ0) is 25.2. The molecule has 1 aromatic carbocycles. The van der Waals surface area contributed by atoms with Gasteiger partial charge in [0.25, 0.3) is 5.91 Å². The van der Waals surface area contributed by atoms with E-state index in [-0.39, 0.29) is 23.6 Å². The van der Waals surface area contributed by atoms with Gasteiger partial charge in [-0.1, -0.05) is 12.8 Å². The monoisotopic (exact) mass is 493 g/mol. The van der Waals surface area contributed by atoms with Gasteiger partial charge < -0.3 is 10.1 Å². The number of aromatic amines is 1. The van der Waals surface area contributed by atoms with Crippen LogP contribution in [0.4, 0.5) is 23.4 Å². The van der Waals surface area contributed by atoms with Crippen LogP contribution in [0.15, 0.2) is 35.5 Å². The Bertz CT molecular complexity index is 1240. The molecule has 0 unspecified atom stereocenters. The van der Waals surface area contributed by atoms with E-state index >= 15 is 0 Å². The average Bonchev–Trinajstić information content (AvgIpc) is 3.54. The molecule has 186 valence electrons. The molecule has 0 bridgehead atoms. The molecule has 4 rings (SSSR count). The first-order valence-corrected chi connectivity index (χ1v) is 10.8. The smallest absolute Gasteiger partial charge is 0.435 e. The number of halogens is 4. The molecule has 2 heterocycles. The molecule has 0 aliphatic heterocycles. The van der Waals surface area contributed by atoms with Gasteiger partial charge in [-0.15, -0.1) is 0 Å². The predicted molar refractivity (Wildman–Crippen MR) is 120 cm³/mol. The highest BCUT2D eigenvalue weighted by Crippen LogP contribution is 2.31. The maximum Gasteiger partial charge on any atom is 0.435 e. The van der Waals surface area contributed by atoms with Crippen molar-refractivity contribution in [2.24, 2.45) is 12.0 Å². The minimum Gasteiger partial charge on any atom is -0.494 e. The number of alkyl halides is 3. The summed E-state index contributed by atoms with van der Waals surface area (Å²) in [5.41, 5.74) is -0.960. The van der Waals surface area contributed by atoms with Crippen molar-refractivity contribution in [1.82, 2.24) is 25.3 Å². The minimum absolute atomic E-state index is 0.0437. The number of H-pyrrole nitrogens is 1. The first-order valence-electron chi connectivity index (χ1n) is 10.8. The van der Waals surface area contributed by atoms with Crippen molar-refractivity contribution in [3.05, 3.63) is 47.5 Å². The van der Waals surface area contributed by atoms with Crippen LogP contribution in [0, 0.1) is 5.82 Å². The number of benzene rings is 1. The van der Waals surface area contributed by atoms with Crippen molar-refractivity contribution in [1.29, 1.82) is 0 Å². The number of methoxy groups -OCH3 is 1. The maximum atomic E-state index is 14.1. The molecule has 1 saturated carbocycles. The molecule has 3 aromatic rings. The van der Waals surface area contributed by atoms with E-state index in [1.54, 1.807) is 12.1 Å². The van der Waals surface area contributed by atoms with Crippen LogP contribution in [0.2, 0.25) is 0 Å². The third-order valence-electron chi connectivity index (χ3n) is 5.50. The van der Waals surface area contributed by atoms with Crippen LogP contribution in [0.3, 0.4) is 0 Å². The molecule has 1 fully saturated rings. The fourth-order valence-corrected chi connectivity index (χ4v) is 3.84. The van der Waals surface area contributed by atoms with E-state index in [4.69, 9.17) is 4.74 Å². The predicted octanol–water partition coefficient (Wildman–Crippen LogP) is 4.12. The number of hydrogen-bond donors (Lipinski definition) is 3. The number of carbonyl (C=O) groups is 1. The van der Waals surface area contributed by atoms with E-state index in [0.29, 0.717) is 11.3 Å². The van der Waals surface area contributed by atoms with Crippen molar-refractivity contribution >= 4 is 17.7 Å². The number of aliphatic imine (C=N–C) groups is 1. The highest BCUT2D eigenvalue weighted by Gasteiger charge is 2.39. The van der Waals surface area contributed by atoms with Gasteiger partial charge >= 0.3 is 6.18 Å². The molecule has 0 saturated heterocycles. The lowest BCUT2D eigenvalue weighted by molar-refractivity contribution is -0.141. The molecule has 35 heavy (non-hydrogen) atoms. The highest BCUT2D eigenvalue weighted by atomic mass is 19.4. The Morgan fingerprint density at radius 1 is 1.26 bits per heavy atom. The number of aryl methyl sites for hydroxylation is 1. The fourth-order valence-electron chi connectivity index (χ4n) is 3.84. The van der Waals surface area contributed by atoms with Crippen LogP contribution < -0.4 is 15.4 Å².